The van der Waals surface area contributed by atoms with E-state index in [9.17, 15) is 14.8 Å². The van der Waals surface area contributed by atoms with E-state index >= 15 is 0 Å². The van der Waals surface area contributed by atoms with Crippen LogP contribution in [-0.2, 0) is 12.1 Å². The predicted molar refractivity (Wildman–Crippen MR) is 97.8 cm³/mol. The molecule has 1 atom stereocenters. The van der Waals surface area contributed by atoms with Crippen molar-refractivity contribution >= 4 is 17.8 Å². The van der Waals surface area contributed by atoms with Crippen LogP contribution in [-0.4, -0.2) is 34.9 Å². The second kappa shape index (κ2) is 6.73. The summed E-state index contributed by atoms with van der Waals surface area (Å²) in [5.74, 6) is 0.164. The number of pyridine rings is 1. The van der Waals surface area contributed by atoms with Crippen molar-refractivity contribution in [1.82, 2.24) is 9.88 Å². The van der Waals surface area contributed by atoms with Gasteiger partial charge in [-0.15, -0.1) is 0 Å². The molecule has 1 aliphatic heterocycles. The summed E-state index contributed by atoms with van der Waals surface area (Å²) in [6, 6.07) is 8.39. The first-order valence-electron chi connectivity index (χ1n) is 8.29. The third kappa shape index (κ3) is 3.00. The molecule has 0 saturated carbocycles. The van der Waals surface area contributed by atoms with Gasteiger partial charge < -0.3 is 15.3 Å². The molecule has 3 rings (SSSR count). The number of nitriles is 1. The van der Waals surface area contributed by atoms with Crippen LogP contribution in [0.3, 0.4) is 0 Å². The minimum absolute atomic E-state index is 0.278. The molecule has 0 spiro atoms. The molecule has 0 radical (unpaired) electrons. The Morgan fingerprint density at radius 1 is 1.35 bits per heavy atom. The van der Waals surface area contributed by atoms with E-state index in [-0.39, 0.29) is 5.82 Å². The molecule has 2 heterocycles. The minimum Gasteiger partial charge on any atom is -0.372 e. The smallest absolute Gasteiger partial charge is 0.166 e. The lowest BCUT2D eigenvalue weighted by atomic mass is 9.95. The van der Waals surface area contributed by atoms with Crippen LogP contribution < -0.4 is 5.32 Å². The molecule has 2 N–H and O–H groups in total. The molecule has 0 saturated heterocycles. The summed E-state index contributed by atoms with van der Waals surface area (Å²) in [5, 5.41) is 23.5. The maximum atomic E-state index is 13.0. The summed E-state index contributed by atoms with van der Waals surface area (Å²) in [6.07, 6.45) is 2.16. The fraction of sp³-hybridized carbons (Fsp3) is 0.316. The molecule has 1 aliphatic rings. The number of aliphatic hydroxyl groups is 1. The number of nitrogens with zero attached hydrogens (tertiary/aromatic N) is 4. The maximum absolute atomic E-state index is 13.0. The normalized spacial score (nSPS) is 18.4. The number of benzene rings is 1. The number of fused-ring (bicyclic) bond motifs is 1. The largest absolute Gasteiger partial charge is 0.372 e. The van der Waals surface area contributed by atoms with Crippen LogP contribution in [0.4, 0.5) is 15.9 Å². The molecule has 6 nitrogen and oxygen atoms in total. The number of aromatic nitrogens is 1. The highest BCUT2D eigenvalue weighted by Gasteiger charge is 2.38. The molecule has 1 aromatic heterocycles. The molecule has 134 valence electrons. The first-order chi connectivity index (χ1) is 12.4. The summed E-state index contributed by atoms with van der Waals surface area (Å²) in [7, 11) is 1.69. The van der Waals surface area contributed by atoms with Crippen LogP contribution in [0.25, 0.3) is 0 Å². The standard InChI is InChI=1S/C19H20FN5O/c1-12-16-17(15(10-21)18(22-3)24-12)23-11-25(19(16,2)26)9-8-13-4-6-14(20)7-5-13/h4-7,11,26H,8-9H2,1-3H3,(H,22,24). The van der Waals surface area contributed by atoms with Gasteiger partial charge >= 0.3 is 0 Å². The van der Waals surface area contributed by atoms with Gasteiger partial charge in [0, 0.05) is 19.3 Å². The van der Waals surface area contributed by atoms with E-state index in [0.717, 1.165) is 5.56 Å². The molecule has 1 aromatic carbocycles. The highest BCUT2D eigenvalue weighted by Crippen LogP contribution is 2.41. The number of hydrogen-bond acceptors (Lipinski definition) is 6. The van der Waals surface area contributed by atoms with Gasteiger partial charge in [-0.05, 0) is 38.0 Å². The van der Waals surface area contributed by atoms with E-state index in [1.165, 1.54) is 12.1 Å². The molecule has 2 aromatic rings. The highest BCUT2D eigenvalue weighted by molar-refractivity contribution is 5.78. The van der Waals surface area contributed by atoms with Gasteiger partial charge in [-0.1, -0.05) is 12.1 Å². The van der Waals surface area contributed by atoms with Crippen LogP contribution in [0, 0.1) is 24.1 Å². The van der Waals surface area contributed by atoms with Crippen LogP contribution >= 0.6 is 0 Å². The molecule has 0 amide bonds. The topological polar surface area (TPSA) is 84.5 Å². The van der Waals surface area contributed by atoms with Gasteiger partial charge in [-0.2, -0.15) is 5.26 Å². The van der Waals surface area contributed by atoms with Crippen LogP contribution in [0.2, 0.25) is 0 Å². The molecular weight excluding hydrogens is 333 g/mol. The van der Waals surface area contributed by atoms with Gasteiger partial charge in [0.25, 0.3) is 0 Å². The molecule has 7 heteroatoms. The van der Waals surface area contributed by atoms with Gasteiger partial charge in [0.1, 0.15) is 23.3 Å². The third-order valence-corrected chi connectivity index (χ3v) is 4.61. The Bertz CT molecular complexity index is 900. The van der Waals surface area contributed by atoms with Gasteiger partial charge in [0.15, 0.2) is 5.72 Å². The van der Waals surface area contributed by atoms with Crippen LogP contribution in [0.1, 0.15) is 29.3 Å². The van der Waals surface area contributed by atoms with Gasteiger partial charge in [0.2, 0.25) is 0 Å². The van der Waals surface area contributed by atoms with Crippen LogP contribution in [0.5, 0.6) is 0 Å². The lowest BCUT2D eigenvalue weighted by Gasteiger charge is -2.40. The summed E-state index contributed by atoms with van der Waals surface area (Å²) >= 11 is 0. The molecule has 0 bridgehead atoms. The van der Waals surface area contributed by atoms with Gasteiger partial charge in [0.05, 0.1) is 17.6 Å². The molecular formula is C19H20FN5O. The number of aryl methyl sites for hydroxylation is 1. The van der Waals surface area contributed by atoms with Crippen molar-refractivity contribution in [2.45, 2.75) is 26.0 Å². The number of rotatable bonds is 4. The Balaban J connectivity index is 1.94. The van der Waals surface area contributed by atoms with Crippen molar-refractivity contribution in [3.63, 3.8) is 0 Å². The van der Waals surface area contributed by atoms with Crippen molar-refractivity contribution in [2.75, 3.05) is 18.9 Å². The second-order valence-corrected chi connectivity index (χ2v) is 6.34. The van der Waals surface area contributed by atoms with Crippen molar-refractivity contribution in [3.8, 4) is 6.07 Å². The number of halogens is 1. The zero-order chi connectivity index (χ0) is 18.9. The average Bonchev–Trinajstić information content (AvgIpc) is 2.61. The summed E-state index contributed by atoms with van der Waals surface area (Å²) in [5.41, 5.74) is 1.48. The maximum Gasteiger partial charge on any atom is 0.166 e. The molecule has 26 heavy (non-hydrogen) atoms. The fourth-order valence-electron chi connectivity index (χ4n) is 3.23. The number of nitrogens with one attached hydrogen (secondary N) is 1. The number of hydrogen-bond donors (Lipinski definition) is 2. The first-order valence-corrected chi connectivity index (χ1v) is 8.29. The SMILES string of the molecule is CNc1nc(C)c2c(c1C#N)N=CN(CCc1ccc(F)cc1)C2(C)O. The van der Waals surface area contributed by atoms with E-state index in [4.69, 9.17) is 0 Å². The summed E-state index contributed by atoms with van der Waals surface area (Å²) < 4.78 is 13.0. The van der Waals surface area contributed by atoms with E-state index < -0.39 is 5.72 Å². The number of aliphatic imine (C=N–C) groups is 1. The fourth-order valence-corrected chi connectivity index (χ4v) is 3.23. The van der Waals surface area contributed by atoms with E-state index in [0.29, 0.717) is 41.3 Å². The summed E-state index contributed by atoms with van der Waals surface area (Å²) in [6.45, 7) is 3.93. The number of anilines is 1. The van der Waals surface area contributed by atoms with E-state index in [1.807, 2.05) is 0 Å². The molecule has 1 unspecified atom stereocenters. The van der Waals surface area contributed by atoms with Crippen molar-refractivity contribution in [3.05, 3.63) is 52.5 Å². The van der Waals surface area contributed by atoms with E-state index in [1.54, 1.807) is 44.3 Å². The van der Waals surface area contributed by atoms with E-state index in [2.05, 4.69) is 21.4 Å². The van der Waals surface area contributed by atoms with Crippen molar-refractivity contribution in [1.29, 1.82) is 5.26 Å². The Labute approximate surface area is 151 Å². The zero-order valence-corrected chi connectivity index (χ0v) is 14.9. The first kappa shape index (κ1) is 17.8. The van der Waals surface area contributed by atoms with Gasteiger partial charge in [-0.25, -0.2) is 14.4 Å². The van der Waals surface area contributed by atoms with Crippen molar-refractivity contribution < 1.29 is 9.50 Å². The average molecular weight is 353 g/mol. The van der Waals surface area contributed by atoms with Crippen molar-refractivity contribution in [2.24, 2.45) is 4.99 Å². The third-order valence-electron chi connectivity index (χ3n) is 4.61. The molecule has 0 aliphatic carbocycles. The highest BCUT2D eigenvalue weighted by atomic mass is 19.1. The predicted octanol–water partition coefficient (Wildman–Crippen LogP) is 2.83. The summed E-state index contributed by atoms with van der Waals surface area (Å²) in [4.78, 5) is 10.5. The Kier molecular flexibility index (Phi) is 4.62. The Hall–Kier alpha value is -2.98. The van der Waals surface area contributed by atoms with Crippen LogP contribution in [0.15, 0.2) is 29.3 Å². The Morgan fingerprint density at radius 3 is 2.65 bits per heavy atom. The monoisotopic (exact) mass is 353 g/mol. The zero-order valence-electron chi connectivity index (χ0n) is 14.9. The lowest BCUT2D eigenvalue weighted by molar-refractivity contribution is -0.0582. The quantitative estimate of drug-likeness (QED) is 0.883. The minimum atomic E-state index is -1.36. The van der Waals surface area contributed by atoms with Gasteiger partial charge in [-0.3, -0.25) is 0 Å². The Morgan fingerprint density at radius 2 is 2.04 bits per heavy atom. The molecule has 0 fully saturated rings. The second-order valence-electron chi connectivity index (χ2n) is 6.34. The lowest BCUT2D eigenvalue weighted by Crippen LogP contribution is -2.46.